The molecule has 0 N–H and O–H groups in total. The molecule has 0 aliphatic carbocycles. The number of hydrogen-bond donors (Lipinski definition) is 0. The van der Waals surface area contributed by atoms with Gasteiger partial charge in [-0.2, -0.15) is 5.26 Å². The molecule has 2 aromatic carbocycles. The molecule has 0 radical (unpaired) electrons. The number of hydrogen-bond acceptors (Lipinski definition) is 2. The molecule has 3 aromatic rings. The number of rotatable bonds is 0. The first-order chi connectivity index (χ1) is 7.81. The van der Waals surface area contributed by atoms with Crippen molar-refractivity contribution in [3.63, 3.8) is 0 Å². The molecule has 0 saturated heterocycles. The summed E-state index contributed by atoms with van der Waals surface area (Å²) in [6.45, 7) is 1.83. The minimum absolute atomic E-state index is 0.640. The van der Waals surface area contributed by atoms with Gasteiger partial charge in [0, 0.05) is 10.8 Å². The van der Waals surface area contributed by atoms with Gasteiger partial charge in [0.25, 0.3) is 0 Å². The molecule has 76 valence electrons. The Labute approximate surface area is 92.7 Å². The summed E-state index contributed by atoms with van der Waals surface area (Å²) in [6.07, 6.45) is 0. The number of fused-ring (bicyclic) bond motifs is 3. The molecule has 0 spiro atoms. The molecule has 0 aliphatic heterocycles. The molecule has 0 atom stereocenters. The molecule has 2 nitrogen and oxygen atoms in total. The second-order valence-electron chi connectivity index (χ2n) is 3.81. The second kappa shape index (κ2) is 3.11. The Kier molecular flexibility index (Phi) is 1.75. The highest BCUT2D eigenvalue weighted by atomic mass is 16.3. The van der Waals surface area contributed by atoms with Crippen molar-refractivity contribution in [2.24, 2.45) is 0 Å². The molecule has 1 heterocycles. The lowest BCUT2D eigenvalue weighted by Crippen LogP contribution is -1.75. The summed E-state index contributed by atoms with van der Waals surface area (Å²) in [5, 5.41) is 12.2. The van der Waals surface area contributed by atoms with Crippen LogP contribution in [0.1, 0.15) is 11.3 Å². The van der Waals surface area contributed by atoms with E-state index in [1.807, 2.05) is 43.3 Å². The van der Waals surface area contributed by atoms with Gasteiger partial charge in [-0.05, 0) is 18.4 Å². The van der Waals surface area contributed by atoms with E-state index in [1.165, 1.54) is 0 Å². The van der Waals surface area contributed by atoms with Crippen LogP contribution in [-0.2, 0) is 0 Å². The predicted molar refractivity (Wildman–Crippen MR) is 63.2 cm³/mol. The zero-order valence-corrected chi connectivity index (χ0v) is 8.82. The Morgan fingerprint density at radius 2 is 1.88 bits per heavy atom. The SMILES string of the molecule is Cc1oc2c(ccc3ccccc32)c1C#N. The maximum Gasteiger partial charge on any atom is 0.143 e. The molecule has 0 bridgehead atoms. The van der Waals surface area contributed by atoms with Crippen molar-refractivity contribution in [3.8, 4) is 6.07 Å². The number of nitriles is 1. The lowest BCUT2D eigenvalue weighted by Gasteiger charge is -1.97. The number of furan rings is 1. The van der Waals surface area contributed by atoms with Crippen molar-refractivity contribution in [1.82, 2.24) is 0 Å². The number of nitrogens with zero attached hydrogens (tertiary/aromatic N) is 1. The smallest absolute Gasteiger partial charge is 0.143 e. The summed E-state index contributed by atoms with van der Waals surface area (Å²) in [6, 6.07) is 14.2. The topological polar surface area (TPSA) is 36.9 Å². The highest BCUT2D eigenvalue weighted by Gasteiger charge is 2.12. The standard InChI is InChI=1S/C14H9NO/c1-9-13(8-15)12-7-6-10-4-2-3-5-11(10)14(12)16-9/h2-7H,1H3. The van der Waals surface area contributed by atoms with Crippen LogP contribution in [0.15, 0.2) is 40.8 Å². The maximum atomic E-state index is 9.07. The lowest BCUT2D eigenvalue weighted by molar-refractivity contribution is 0.580. The Morgan fingerprint density at radius 1 is 1.06 bits per heavy atom. The highest BCUT2D eigenvalue weighted by Crippen LogP contribution is 2.31. The first-order valence-electron chi connectivity index (χ1n) is 5.12. The summed E-state index contributed by atoms with van der Waals surface area (Å²) in [5.74, 6) is 0.689. The molecule has 0 amide bonds. The molecule has 0 saturated carbocycles. The van der Waals surface area contributed by atoms with Crippen molar-refractivity contribution in [1.29, 1.82) is 5.26 Å². The highest BCUT2D eigenvalue weighted by molar-refractivity contribution is 6.06. The molecule has 16 heavy (non-hydrogen) atoms. The minimum atomic E-state index is 0.640. The van der Waals surface area contributed by atoms with Crippen LogP contribution in [0, 0.1) is 18.3 Å². The molecule has 0 unspecified atom stereocenters. The quantitative estimate of drug-likeness (QED) is 0.562. The van der Waals surface area contributed by atoms with Gasteiger partial charge < -0.3 is 4.42 Å². The van der Waals surface area contributed by atoms with Crippen molar-refractivity contribution >= 4 is 21.7 Å². The normalized spacial score (nSPS) is 10.8. The average molecular weight is 207 g/mol. The zero-order chi connectivity index (χ0) is 11.1. The van der Waals surface area contributed by atoms with E-state index in [-0.39, 0.29) is 0 Å². The first-order valence-corrected chi connectivity index (χ1v) is 5.12. The Morgan fingerprint density at radius 3 is 2.69 bits per heavy atom. The molecule has 0 aliphatic rings. The number of benzene rings is 2. The van der Waals surface area contributed by atoms with Crippen LogP contribution in [0.2, 0.25) is 0 Å². The van der Waals surface area contributed by atoms with Crippen molar-refractivity contribution in [3.05, 3.63) is 47.7 Å². The zero-order valence-electron chi connectivity index (χ0n) is 8.82. The fraction of sp³-hybridized carbons (Fsp3) is 0.0714. The Bertz CT molecular complexity index is 731. The van der Waals surface area contributed by atoms with Gasteiger partial charge in [0.15, 0.2) is 0 Å². The molecule has 1 aromatic heterocycles. The number of aryl methyl sites for hydroxylation is 1. The third-order valence-corrected chi connectivity index (χ3v) is 2.87. The summed E-state index contributed by atoms with van der Waals surface area (Å²) in [7, 11) is 0. The average Bonchev–Trinajstić information content (AvgIpc) is 2.65. The van der Waals surface area contributed by atoms with E-state index in [9.17, 15) is 0 Å². The molecule has 2 heteroatoms. The van der Waals surface area contributed by atoms with Crippen LogP contribution in [0.25, 0.3) is 21.7 Å². The van der Waals surface area contributed by atoms with Crippen molar-refractivity contribution in [2.75, 3.05) is 0 Å². The minimum Gasteiger partial charge on any atom is -0.459 e. The van der Waals surface area contributed by atoms with E-state index in [1.54, 1.807) is 0 Å². The molecular formula is C14H9NO. The van der Waals surface area contributed by atoms with Gasteiger partial charge >= 0.3 is 0 Å². The molecular weight excluding hydrogens is 198 g/mol. The summed E-state index contributed by atoms with van der Waals surface area (Å²) >= 11 is 0. The largest absolute Gasteiger partial charge is 0.459 e. The van der Waals surface area contributed by atoms with Crippen molar-refractivity contribution in [2.45, 2.75) is 6.92 Å². The molecule has 0 fully saturated rings. The van der Waals surface area contributed by atoms with Crippen LogP contribution in [0.5, 0.6) is 0 Å². The van der Waals surface area contributed by atoms with Crippen molar-refractivity contribution < 1.29 is 4.42 Å². The van der Waals surface area contributed by atoms with Gasteiger partial charge in [-0.3, -0.25) is 0 Å². The lowest BCUT2D eigenvalue weighted by atomic mass is 10.1. The van der Waals surface area contributed by atoms with E-state index in [2.05, 4.69) is 6.07 Å². The second-order valence-corrected chi connectivity index (χ2v) is 3.81. The fourth-order valence-corrected chi connectivity index (χ4v) is 2.08. The van der Waals surface area contributed by atoms with E-state index in [0.29, 0.717) is 11.3 Å². The third-order valence-electron chi connectivity index (χ3n) is 2.87. The molecule has 3 rings (SSSR count). The van der Waals surface area contributed by atoms with E-state index < -0.39 is 0 Å². The van der Waals surface area contributed by atoms with Gasteiger partial charge in [0.2, 0.25) is 0 Å². The van der Waals surface area contributed by atoms with Gasteiger partial charge in [-0.25, -0.2) is 0 Å². The van der Waals surface area contributed by atoms with Gasteiger partial charge in [-0.1, -0.05) is 30.3 Å². The Hall–Kier alpha value is -2.27. The summed E-state index contributed by atoms with van der Waals surface area (Å²) < 4.78 is 5.68. The van der Waals surface area contributed by atoms with E-state index in [4.69, 9.17) is 9.68 Å². The monoisotopic (exact) mass is 207 g/mol. The van der Waals surface area contributed by atoms with E-state index in [0.717, 1.165) is 21.7 Å². The third kappa shape index (κ3) is 1.06. The Balaban J connectivity index is 2.59. The fourth-order valence-electron chi connectivity index (χ4n) is 2.08. The van der Waals surface area contributed by atoms with E-state index >= 15 is 0 Å². The van der Waals surface area contributed by atoms with Gasteiger partial charge in [0.05, 0.1) is 0 Å². The summed E-state index contributed by atoms with van der Waals surface area (Å²) in [4.78, 5) is 0. The van der Waals surface area contributed by atoms with Gasteiger partial charge in [0.1, 0.15) is 23.0 Å². The van der Waals surface area contributed by atoms with Crippen LogP contribution < -0.4 is 0 Å². The summed E-state index contributed by atoms with van der Waals surface area (Å²) in [5.41, 5.74) is 1.45. The van der Waals surface area contributed by atoms with Crippen LogP contribution >= 0.6 is 0 Å². The van der Waals surface area contributed by atoms with Crippen LogP contribution in [-0.4, -0.2) is 0 Å². The maximum absolute atomic E-state index is 9.07. The van der Waals surface area contributed by atoms with Crippen LogP contribution in [0.3, 0.4) is 0 Å². The first kappa shape index (κ1) is 8.99. The van der Waals surface area contributed by atoms with Crippen LogP contribution in [0.4, 0.5) is 0 Å². The van der Waals surface area contributed by atoms with Gasteiger partial charge in [-0.15, -0.1) is 0 Å². The predicted octanol–water partition coefficient (Wildman–Crippen LogP) is 3.77.